The number of carbonyl (C=O) groups is 1. The zero-order valence-corrected chi connectivity index (χ0v) is 23.9. The van der Waals surface area contributed by atoms with E-state index in [2.05, 4.69) is 13.8 Å². The Hall–Kier alpha value is -2.54. The molecule has 2 aromatic rings. The molecule has 2 aliphatic rings. The highest BCUT2D eigenvalue weighted by atomic mass is 19.2. The van der Waals surface area contributed by atoms with Crippen molar-refractivity contribution in [3.8, 4) is 5.75 Å². The van der Waals surface area contributed by atoms with Crippen LogP contribution in [0.4, 0.5) is 13.2 Å². The summed E-state index contributed by atoms with van der Waals surface area (Å²) in [7, 11) is 0. The van der Waals surface area contributed by atoms with Gasteiger partial charge in [-0.15, -0.1) is 0 Å². The van der Waals surface area contributed by atoms with Gasteiger partial charge in [0.1, 0.15) is 6.10 Å². The van der Waals surface area contributed by atoms with Crippen molar-refractivity contribution in [2.24, 2.45) is 0 Å². The zero-order valence-electron chi connectivity index (χ0n) is 23.9. The van der Waals surface area contributed by atoms with Gasteiger partial charge in [-0.05, 0) is 105 Å². The fourth-order valence-corrected chi connectivity index (χ4v) is 5.92. The van der Waals surface area contributed by atoms with E-state index in [1.54, 1.807) is 12.1 Å². The third-order valence-corrected chi connectivity index (χ3v) is 8.43. The second kappa shape index (κ2) is 14.9. The Balaban J connectivity index is 1.28. The number of halogens is 3. The van der Waals surface area contributed by atoms with Crippen molar-refractivity contribution in [1.82, 2.24) is 0 Å². The lowest BCUT2D eigenvalue weighted by molar-refractivity contribution is 0.0189. The van der Waals surface area contributed by atoms with Crippen molar-refractivity contribution in [3.63, 3.8) is 0 Å². The molecule has 0 atom stereocenters. The summed E-state index contributed by atoms with van der Waals surface area (Å²) >= 11 is 0. The molecule has 220 valence electrons. The summed E-state index contributed by atoms with van der Waals surface area (Å²) < 4.78 is 61.6. The van der Waals surface area contributed by atoms with Crippen LogP contribution in [0.5, 0.6) is 5.75 Å². The molecule has 2 aromatic carbocycles. The van der Waals surface area contributed by atoms with Crippen LogP contribution in [-0.2, 0) is 9.47 Å². The predicted molar refractivity (Wildman–Crippen MR) is 149 cm³/mol. The van der Waals surface area contributed by atoms with E-state index in [0.29, 0.717) is 37.9 Å². The molecular weight excluding hydrogens is 517 g/mol. The molecule has 7 heteroatoms. The van der Waals surface area contributed by atoms with Crippen LogP contribution in [0.25, 0.3) is 0 Å². The molecule has 4 nitrogen and oxygen atoms in total. The molecule has 40 heavy (non-hydrogen) atoms. The number of hydrogen-bond donors (Lipinski definition) is 0. The second-order valence-electron chi connectivity index (χ2n) is 11.3. The van der Waals surface area contributed by atoms with Crippen molar-refractivity contribution in [2.45, 2.75) is 115 Å². The Morgan fingerprint density at radius 2 is 1.43 bits per heavy atom. The molecule has 0 aromatic heterocycles. The van der Waals surface area contributed by atoms with Gasteiger partial charge >= 0.3 is 5.97 Å². The van der Waals surface area contributed by atoms with E-state index in [1.807, 2.05) is 6.07 Å². The fourth-order valence-electron chi connectivity index (χ4n) is 5.92. The van der Waals surface area contributed by atoms with Gasteiger partial charge in [-0.3, -0.25) is 0 Å². The van der Waals surface area contributed by atoms with E-state index in [9.17, 15) is 9.18 Å². The van der Waals surface area contributed by atoms with Crippen molar-refractivity contribution >= 4 is 5.97 Å². The largest absolute Gasteiger partial charge is 0.491 e. The number of carbonyl (C=O) groups excluding carboxylic acids is 1. The lowest BCUT2D eigenvalue weighted by Gasteiger charge is -2.30. The molecule has 4 rings (SSSR count). The van der Waals surface area contributed by atoms with Gasteiger partial charge in [-0.1, -0.05) is 38.8 Å². The van der Waals surface area contributed by atoms with E-state index in [4.69, 9.17) is 14.2 Å². The summed E-state index contributed by atoms with van der Waals surface area (Å²) in [4.78, 5) is 12.8. The third-order valence-electron chi connectivity index (χ3n) is 8.43. The molecule has 0 N–H and O–H groups in total. The van der Waals surface area contributed by atoms with E-state index in [-0.39, 0.29) is 41.2 Å². The standard InChI is InChI=1S/C33H43F3O4/c1-3-5-19-38-25-12-9-23(10-13-25)27-16-17-28(32(36)31(27)35)33(37)40-26-14-7-22(8-15-26)24-11-18-30(29(34)21-24)39-20-6-4-2/h11,16-18,21-23,25-26H,3-10,12-15,19-20H2,1-2H3. The van der Waals surface area contributed by atoms with Gasteiger partial charge in [-0.2, -0.15) is 0 Å². The SMILES string of the molecule is CCCCOc1ccc(C2CCC(OC(=O)c3ccc(C4CCC(OCCCC)CC4)c(F)c3F)CC2)cc1F. The first-order chi connectivity index (χ1) is 19.4. The molecule has 2 fully saturated rings. The summed E-state index contributed by atoms with van der Waals surface area (Å²) in [6, 6.07) is 8.01. The number of benzene rings is 2. The average molecular weight is 561 g/mol. The summed E-state index contributed by atoms with van der Waals surface area (Å²) in [5.41, 5.74) is 0.867. The van der Waals surface area contributed by atoms with E-state index in [0.717, 1.165) is 63.5 Å². The number of unbranched alkanes of at least 4 members (excludes halogenated alkanes) is 2. The summed E-state index contributed by atoms with van der Waals surface area (Å²) in [6.07, 6.45) is 9.49. The molecule has 0 bridgehead atoms. The van der Waals surface area contributed by atoms with Crippen molar-refractivity contribution in [1.29, 1.82) is 0 Å². The normalized spacial score (nSPS) is 23.1. The topological polar surface area (TPSA) is 44.8 Å². The quantitative estimate of drug-likeness (QED) is 0.192. The molecule has 0 saturated heterocycles. The number of hydrogen-bond acceptors (Lipinski definition) is 4. The van der Waals surface area contributed by atoms with Gasteiger partial charge < -0.3 is 14.2 Å². The van der Waals surface area contributed by atoms with E-state index in [1.165, 1.54) is 12.1 Å². The summed E-state index contributed by atoms with van der Waals surface area (Å²) in [6.45, 7) is 5.41. The molecule has 0 amide bonds. The Bertz CT molecular complexity index is 1110. The van der Waals surface area contributed by atoms with Gasteiger partial charge in [-0.25, -0.2) is 18.0 Å². The fraction of sp³-hybridized carbons (Fsp3) is 0.606. The van der Waals surface area contributed by atoms with Crippen LogP contribution in [0.2, 0.25) is 0 Å². The van der Waals surface area contributed by atoms with Crippen LogP contribution < -0.4 is 4.74 Å². The molecule has 0 radical (unpaired) electrons. The number of esters is 1. The first-order valence-corrected chi connectivity index (χ1v) is 15.1. The maximum atomic E-state index is 15.1. The molecular formula is C33H43F3O4. The van der Waals surface area contributed by atoms with Crippen LogP contribution >= 0.6 is 0 Å². The van der Waals surface area contributed by atoms with Crippen LogP contribution in [-0.4, -0.2) is 31.4 Å². The minimum Gasteiger partial charge on any atom is -0.491 e. The molecule has 2 aliphatic carbocycles. The lowest BCUT2D eigenvalue weighted by atomic mass is 9.82. The Labute approximate surface area is 236 Å². The molecule has 0 heterocycles. The molecule has 0 spiro atoms. The first kappa shape index (κ1) is 30.4. The van der Waals surface area contributed by atoms with E-state index >= 15 is 8.78 Å². The van der Waals surface area contributed by atoms with Crippen molar-refractivity contribution in [3.05, 3.63) is 64.5 Å². The van der Waals surface area contributed by atoms with Gasteiger partial charge in [0.2, 0.25) is 0 Å². The second-order valence-corrected chi connectivity index (χ2v) is 11.3. The van der Waals surface area contributed by atoms with Crippen molar-refractivity contribution in [2.75, 3.05) is 13.2 Å². The summed E-state index contributed by atoms with van der Waals surface area (Å²) in [5.74, 6) is -2.94. The van der Waals surface area contributed by atoms with Crippen LogP contribution in [0.1, 0.15) is 124 Å². The summed E-state index contributed by atoms with van der Waals surface area (Å²) in [5, 5.41) is 0. The minimum absolute atomic E-state index is 0.0809. The minimum atomic E-state index is -1.13. The van der Waals surface area contributed by atoms with Crippen LogP contribution in [0.3, 0.4) is 0 Å². The number of rotatable bonds is 12. The monoisotopic (exact) mass is 560 g/mol. The average Bonchev–Trinajstić information content (AvgIpc) is 2.96. The van der Waals surface area contributed by atoms with E-state index < -0.39 is 17.6 Å². The van der Waals surface area contributed by atoms with Crippen molar-refractivity contribution < 1.29 is 32.2 Å². The first-order valence-electron chi connectivity index (χ1n) is 15.1. The molecule has 0 unspecified atom stereocenters. The van der Waals surface area contributed by atoms with Gasteiger partial charge in [0, 0.05) is 6.61 Å². The van der Waals surface area contributed by atoms with Gasteiger partial charge in [0.25, 0.3) is 0 Å². The van der Waals surface area contributed by atoms with Gasteiger partial charge in [0.05, 0.1) is 18.3 Å². The van der Waals surface area contributed by atoms with Crippen LogP contribution in [0, 0.1) is 17.5 Å². The predicted octanol–water partition coefficient (Wildman–Crippen LogP) is 9.01. The highest BCUT2D eigenvalue weighted by Crippen LogP contribution is 2.38. The zero-order chi connectivity index (χ0) is 28.5. The smallest absolute Gasteiger partial charge is 0.341 e. The molecule has 0 aliphatic heterocycles. The molecule has 2 saturated carbocycles. The van der Waals surface area contributed by atoms with Gasteiger partial charge in [0.15, 0.2) is 23.2 Å². The Kier molecular flexibility index (Phi) is 11.3. The Morgan fingerprint density at radius 1 is 0.775 bits per heavy atom. The highest BCUT2D eigenvalue weighted by molar-refractivity contribution is 5.90. The number of ether oxygens (including phenoxy) is 3. The third kappa shape index (κ3) is 7.80. The maximum Gasteiger partial charge on any atom is 0.341 e. The Morgan fingerprint density at radius 3 is 2.10 bits per heavy atom. The lowest BCUT2D eigenvalue weighted by Crippen LogP contribution is -2.25. The highest BCUT2D eigenvalue weighted by Gasteiger charge is 2.30. The maximum absolute atomic E-state index is 15.1. The van der Waals surface area contributed by atoms with Crippen LogP contribution in [0.15, 0.2) is 30.3 Å².